The molecule has 7 nitrogen and oxygen atoms in total. The molecule has 2 fully saturated rings. The molecule has 0 radical (unpaired) electrons. The number of nitroso groups, excluding NO2 is 1. The molecular formula is C16H29N3O4S. The van der Waals surface area contributed by atoms with Crippen LogP contribution in [-0.4, -0.2) is 47.6 Å². The van der Waals surface area contributed by atoms with E-state index in [0.717, 1.165) is 25.7 Å². The Kier molecular flexibility index (Phi) is 7.43. The number of nitro groups is 1. The minimum atomic E-state index is -0.675. The molecule has 1 N–H and O–H groups in total. The van der Waals surface area contributed by atoms with E-state index in [9.17, 15) is 15.0 Å². The average Bonchev–Trinajstić information content (AvgIpc) is 2.93. The Morgan fingerprint density at radius 3 is 2.79 bits per heavy atom. The minimum absolute atomic E-state index is 0.0131. The fourth-order valence-electron chi connectivity index (χ4n) is 4.22. The predicted octanol–water partition coefficient (Wildman–Crippen LogP) is 2.66. The minimum Gasteiger partial charge on any atom is -0.373 e. The lowest BCUT2D eigenvalue weighted by Gasteiger charge is -2.39. The van der Waals surface area contributed by atoms with Crippen molar-refractivity contribution < 1.29 is 9.66 Å². The van der Waals surface area contributed by atoms with Crippen LogP contribution in [0.15, 0.2) is 5.18 Å². The Hall–Kier alpha value is -0.730. The molecule has 1 heterocycles. The first-order valence-electron chi connectivity index (χ1n) is 8.97. The van der Waals surface area contributed by atoms with Crippen LogP contribution in [0.5, 0.6) is 0 Å². The third-order valence-electron chi connectivity index (χ3n) is 5.40. The standard InChI is InChI=1S/C16H29N3O4S/c1-3-4-11(5-6-18-20)9-17-15-13(19(21)22)8-14(24)12-7-10(2)23-16(12)15/h10-17,24H,3-9H2,1-2H3/t10?,11-,12?,13?,14?,15?,16?/m1/s1. The van der Waals surface area contributed by atoms with Crippen molar-refractivity contribution in [2.45, 2.75) is 75.5 Å². The summed E-state index contributed by atoms with van der Waals surface area (Å²) in [6.07, 6.45) is 4.08. The smallest absolute Gasteiger partial charge is 0.231 e. The van der Waals surface area contributed by atoms with Crippen molar-refractivity contribution in [1.82, 2.24) is 5.32 Å². The first-order chi connectivity index (χ1) is 11.5. The number of nitrogens with one attached hydrogen (secondary N) is 1. The summed E-state index contributed by atoms with van der Waals surface area (Å²) in [5.74, 6) is 0.574. The van der Waals surface area contributed by atoms with Crippen LogP contribution in [0.3, 0.4) is 0 Å². The van der Waals surface area contributed by atoms with Gasteiger partial charge in [0.05, 0.1) is 18.8 Å². The first kappa shape index (κ1) is 19.6. The first-order valence-corrected chi connectivity index (χ1v) is 9.49. The van der Waals surface area contributed by atoms with Crippen molar-refractivity contribution in [2.75, 3.05) is 13.1 Å². The quantitative estimate of drug-likeness (QED) is 0.286. The molecule has 0 aromatic rings. The normalized spacial score (nSPS) is 37.0. The van der Waals surface area contributed by atoms with E-state index in [-0.39, 0.29) is 34.3 Å². The third-order valence-corrected chi connectivity index (χ3v) is 5.99. The molecule has 0 aromatic heterocycles. The maximum atomic E-state index is 11.5. The van der Waals surface area contributed by atoms with Gasteiger partial charge in [0, 0.05) is 22.5 Å². The maximum Gasteiger partial charge on any atom is 0.231 e. The van der Waals surface area contributed by atoms with Crippen LogP contribution in [-0.2, 0) is 4.74 Å². The fraction of sp³-hybridized carbons (Fsp3) is 1.00. The average molecular weight is 359 g/mol. The van der Waals surface area contributed by atoms with Crippen LogP contribution in [0.25, 0.3) is 0 Å². The second kappa shape index (κ2) is 9.10. The molecule has 6 unspecified atom stereocenters. The summed E-state index contributed by atoms with van der Waals surface area (Å²) >= 11 is 4.60. The highest BCUT2D eigenvalue weighted by Gasteiger charge is 2.53. The Morgan fingerprint density at radius 2 is 2.17 bits per heavy atom. The molecule has 7 atom stereocenters. The van der Waals surface area contributed by atoms with E-state index in [1.54, 1.807) is 0 Å². The topological polar surface area (TPSA) is 93.8 Å². The van der Waals surface area contributed by atoms with Gasteiger partial charge in [-0.1, -0.05) is 18.5 Å². The van der Waals surface area contributed by atoms with Gasteiger partial charge in [-0.15, -0.1) is 0 Å². The van der Waals surface area contributed by atoms with Gasteiger partial charge in [-0.25, -0.2) is 0 Å². The molecule has 0 amide bonds. The van der Waals surface area contributed by atoms with Gasteiger partial charge in [-0.3, -0.25) is 10.1 Å². The van der Waals surface area contributed by atoms with Gasteiger partial charge in [-0.05, 0) is 38.6 Å². The largest absolute Gasteiger partial charge is 0.373 e. The summed E-state index contributed by atoms with van der Waals surface area (Å²) < 4.78 is 6.02. The van der Waals surface area contributed by atoms with Gasteiger partial charge in [0.15, 0.2) is 0 Å². The molecule has 1 saturated heterocycles. The van der Waals surface area contributed by atoms with Crippen LogP contribution in [0.2, 0.25) is 0 Å². The molecule has 8 heteroatoms. The lowest BCUT2D eigenvalue weighted by Crippen LogP contribution is -2.59. The molecule has 2 rings (SSSR count). The SMILES string of the molecule is CCC[C@H](CCN=O)CNC1C2OC(C)CC2C(S)CC1[N+](=O)[O-]. The number of hydrogen-bond acceptors (Lipinski definition) is 7. The van der Waals surface area contributed by atoms with Crippen LogP contribution in [0.4, 0.5) is 0 Å². The van der Waals surface area contributed by atoms with E-state index < -0.39 is 6.04 Å². The fourth-order valence-corrected chi connectivity index (χ4v) is 4.73. The van der Waals surface area contributed by atoms with Crippen molar-refractivity contribution in [1.29, 1.82) is 0 Å². The molecule has 2 aliphatic rings. The van der Waals surface area contributed by atoms with E-state index in [0.29, 0.717) is 25.4 Å². The molecule has 0 bridgehead atoms. The van der Waals surface area contributed by atoms with E-state index in [4.69, 9.17) is 4.74 Å². The van der Waals surface area contributed by atoms with Crippen LogP contribution in [0, 0.1) is 26.9 Å². The molecule has 1 aliphatic carbocycles. The number of thiol groups is 1. The zero-order valence-corrected chi connectivity index (χ0v) is 15.4. The van der Waals surface area contributed by atoms with Crippen molar-refractivity contribution in [2.24, 2.45) is 17.0 Å². The van der Waals surface area contributed by atoms with E-state index in [1.807, 2.05) is 6.92 Å². The van der Waals surface area contributed by atoms with Crippen molar-refractivity contribution in [3.8, 4) is 0 Å². The van der Waals surface area contributed by atoms with Crippen molar-refractivity contribution >= 4 is 12.6 Å². The second-order valence-corrected chi connectivity index (χ2v) is 7.86. The Labute approximate surface area is 148 Å². The predicted molar refractivity (Wildman–Crippen MR) is 96.1 cm³/mol. The van der Waals surface area contributed by atoms with E-state index in [2.05, 4.69) is 30.0 Å². The van der Waals surface area contributed by atoms with Crippen LogP contribution >= 0.6 is 12.6 Å². The highest BCUT2D eigenvalue weighted by molar-refractivity contribution is 7.81. The van der Waals surface area contributed by atoms with Gasteiger partial charge >= 0.3 is 0 Å². The molecule has 1 saturated carbocycles. The summed E-state index contributed by atoms with van der Waals surface area (Å²) in [6, 6.07) is -0.965. The highest BCUT2D eigenvalue weighted by Crippen LogP contribution is 2.41. The molecular weight excluding hydrogens is 330 g/mol. The maximum absolute atomic E-state index is 11.5. The molecule has 1 aliphatic heterocycles. The molecule has 24 heavy (non-hydrogen) atoms. The number of hydrogen-bond donors (Lipinski definition) is 2. The zero-order valence-electron chi connectivity index (χ0n) is 14.5. The number of fused-ring (bicyclic) bond motifs is 1. The summed E-state index contributed by atoms with van der Waals surface area (Å²) in [7, 11) is 0. The van der Waals surface area contributed by atoms with Crippen molar-refractivity contribution in [3.05, 3.63) is 15.0 Å². The lowest BCUT2D eigenvalue weighted by molar-refractivity contribution is -0.532. The summed E-state index contributed by atoms with van der Waals surface area (Å²) in [5, 5.41) is 17.9. The lowest BCUT2D eigenvalue weighted by atomic mass is 9.78. The van der Waals surface area contributed by atoms with Crippen LogP contribution in [0.1, 0.15) is 46.0 Å². The third kappa shape index (κ3) is 4.67. The number of ether oxygens (including phenoxy) is 1. The van der Waals surface area contributed by atoms with Crippen molar-refractivity contribution in [3.63, 3.8) is 0 Å². The second-order valence-electron chi connectivity index (χ2n) is 7.20. The van der Waals surface area contributed by atoms with Gasteiger partial charge in [0.25, 0.3) is 0 Å². The van der Waals surface area contributed by atoms with Gasteiger partial charge in [0.1, 0.15) is 6.04 Å². The number of nitrogens with zero attached hydrogens (tertiary/aromatic N) is 2. The van der Waals surface area contributed by atoms with Crippen LogP contribution < -0.4 is 5.32 Å². The molecule has 0 spiro atoms. The van der Waals surface area contributed by atoms with Gasteiger partial charge in [-0.2, -0.15) is 17.5 Å². The molecule has 0 aromatic carbocycles. The summed E-state index contributed by atoms with van der Waals surface area (Å²) in [6.45, 7) is 5.09. The number of rotatable bonds is 9. The Morgan fingerprint density at radius 1 is 1.42 bits per heavy atom. The highest BCUT2D eigenvalue weighted by atomic mass is 32.1. The summed E-state index contributed by atoms with van der Waals surface area (Å²) in [5.41, 5.74) is 0. The monoisotopic (exact) mass is 359 g/mol. The zero-order chi connectivity index (χ0) is 17.7. The summed E-state index contributed by atoms with van der Waals surface area (Å²) in [4.78, 5) is 21.7. The van der Waals surface area contributed by atoms with E-state index >= 15 is 0 Å². The van der Waals surface area contributed by atoms with E-state index in [1.165, 1.54) is 0 Å². The van der Waals surface area contributed by atoms with Gasteiger partial charge in [0.2, 0.25) is 6.04 Å². The van der Waals surface area contributed by atoms with Gasteiger partial charge < -0.3 is 10.1 Å². The Bertz CT molecular complexity index is 440. The molecule has 138 valence electrons. The Balaban J connectivity index is 2.05.